The molecule has 0 unspecified atom stereocenters. The topological polar surface area (TPSA) is 141 Å². The highest BCUT2D eigenvalue weighted by Crippen LogP contribution is 2.23. The van der Waals surface area contributed by atoms with E-state index in [1.54, 1.807) is 31.3 Å². The third kappa shape index (κ3) is 5.87. The fourth-order valence-electron chi connectivity index (χ4n) is 3.67. The van der Waals surface area contributed by atoms with Crippen molar-refractivity contribution in [3.63, 3.8) is 0 Å². The van der Waals surface area contributed by atoms with E-state index in [9.17, 15) is 19.7 Å². The Balaban J connectivity index is 1.49. The summed E-state index contributed by atoms with van der Waals surface area (Å²) in [6.45, 7) is 2.16. The molecule has 4 rings (SSSR count). The first-order valence-corrected chi connectivity index (χ1v) is 11.3. The Morgan fingerprint density at radius 1 is 1.00 bits per heavy atom. The summed E-state index contributed by atoms with van der Waals surface area (Å²) in [6.07, 6.45) is 3.01. The van der Waals surface area contributed by atoms with Crippen molar-refractivity contribution >= 4 is 17.5 Å². The molecular weight excluding hydrogens is 469 g/mol. The molecule has 0 aliphatic carbocycles. The van der Waals surface area contributed by atoms with Gasteiger partial charge in [0.25, 0.3) is 5.91 Å². The van der Waals surface area contributed by atoms with Crippen molar-refractivity contribution in [2.24, 2.45) is 0 Å². The van der Waals surface area contributed by atoms with Crippen molar-refractivity contribution in [3.05, 3.63) is 107 Å². The minimum absolute atomic E-state index is 0.189. The smallest absolute Gasteiger partial charge is 0.255 e. The number of nitrogens with zero attached hydrogens (tertiary/aromatic N) is 4. The molecule has 0 spiro atoms. The molecule has 0 aliphatic rings. The van der Waals surface area contributed by atoms with E-state index in [1.807, 2.05) is 36.4 Å². The molecule has 0 radical (unpaired) electrons. The number of carbonyl (C=O) groups excluding carboxylic acids is 1. The van der Waals surface area contributed by atoms with Crippen LogP contribution in [0.5, 0.6) is 0 Å². The number of anilines is 2. The van der Waals surface area contributed by atoms with Crippen molar-refractivity contribution in [2.45, 2.75) is 19.5 Å². The van der Waals surface area contributed by atoms with E-state index in [0.717, 1.165) is 22.3 Å². The Labute approximate surface area is 213 Å². The van der Waals surface area contributed by atoms with Crippen molar-refractivity contribution in [2.75, 3.05) is 11.1 Å². The van der Waals surface area contributed by atoms with Crippen molar-refractivity contribution < 1.29 is 9.18 Å². The molecule has 0 aliphatic heterocycles. The van der Waals surface area contributed by atoms with Crippen molar-refractivity contribution in [1.29, 1.82) is 10.5 Å². The first kappa shape index (κ1) is 24.8. The van der Waals surface area contributed by atoms with E-state index in [0.29, 0.717) is 17.9 Å². The minimum Gasteiger partial charge on any atom is -0.383 e. The zero-order valence-corrected chi connectivity index (χ0v) is 19.9. The SMILES string of the molecule is C[C@H](NC(=O)c1cc(C#N)cnc1NCc1ccc(-c2cnc(N)c(C#N)c2)cc1)c1ccc(F)cc1. The lowest BCUT2D eigenvalue weighted by atomic mass is 10.0. The Hall–Kier alpha value is -5.28. The van der Waals surface area contributed by atoms with Crippen molar-refractivity contribution in [1.82, 2.24) is 15.3 Å². The van der Waals surface area contributed by atoms with Crippen LogP contribution < -0.4 is 16.4 Å². The first-order valence-electron chi connectivity index (χ1n) is 11.3. The standard InChI is InChI=1S/C28H22FN7O/c1-17(20-6-8-24(29)9-7-20)36-28(37)25-10-19(12-30)15-35-27(25)34-14-18-2-4-21(5-3-18)23-11-22(13-31)26(32)33-16-23/h2-11,15-17H,14H2,1H3,(H2,32,33)(H,34,35)(H,36,37)/t17-/m0/s1. The van der Waals surface area contributed by atoms with Gasteiger partial charge in [-0.2, -0.15) is 10.5 Å². The van der Waals surface area contributed by atoms with Gasteiger partial charge in [0.05, 0.1) is 22.7 Å². The molecule has 182 valence electrons. The van der Waals surface area contributed by atoms with Gasteiger partial charge in [-0.3, -0.25) is 4.79 Å². The fourth-order valence-corrected chi connectivity index (χ4v) is 3.67. The number of nitrogens with two attached hydrogens (primary N) is 1. The maximum absolute atomic E-state index is 13.2. The number of nitrogen functional groups attached to an aromatic ring is 1. The number of hydrogen-bond donors (Lipinski definition) is 3. The predicted molar refractivity (Wildman–Crippen MR) is 137 cm³/mol. The summed E-state index contributed by atoms with van der Waals surface area (Å²) in [5.41, 5.74) is 9.80. The molecule has 4 aromatic rings. The third-order valence-electron chi connectivity index (χ3n) is 5.77. The number of nitriles is 2. The third-order valence-corrected chi connectivity index (χ3v) is 5.77. The van der Waals surface area contributed by atoms with E-state index in [2.05, 4.69) is 20.6 Å². The van der Waals surface area contributed by atoms with Crippen LogP contribution in [0.15, 0.2) is 73.1 Å². The first-order chi connectivity index (χ1) is 17.9. The number of aromatic nitrogens is 2. The summed E-state index contributed by atoms with van der Waals surface area (Å²) in [7, 11) is 0. The van der Waals surface area contributed by atoms with Crippen LogP contribution in [-0.4, -0.2) is 15.9 Å². The number of carbonyl (C=O) groups is 1. The Kier molecular flexibility index (Phi) is 7.37. The van der Waals surface area contributed by atoms with Crippen LogP contribution in [0, 0.1) is 28.5 Å². The summed E-state index contributed by atoms with van der Waals surface area (Å²) in [5, 5.41) is 24.5. The van der Waals surface area contributed by atoms with Crippen LogP contribution in [0.1, 0.15) is 45.6 Å². The average Bonchev–Trinajstić information content (AvgIpc) is 2.92. The molecule has 0 saturated heterocycles. The normalized spacial score (nSPS) is 11.1. The van der Waals surface area contributed by atoms with Crippen LogP contribution in [0.4, 0.5) is 16.0 Å². The van der Waals surface area contributed by atoms with Crippen molar-refractivity contribution in [3.8, 4) is 23.3 Å². The Morgan fingerprint density at radius 2 is 1.73 bits per heavy atom. The second-order valence-electron chi connectivity index (χ2n) is 8.30. The molecule has 0 saturated carbocycles. The van der Waals surface area contributed by atoms with Gasteiger partial charge in [0.2, 0.25) is 0 Å². The highest BCUT2D eigenvalue weighted by molar-refractivity contribution is 5.99. The highest BCUT2D eigenvalue weighted by atomic mass is 19.1. The van der Waals surface area contributed by atoms with Gasteiger partial charge >= 0.3 is 0 Å². The summed E-state index contributed by atoms with van der Waals surface area (Å²) >= 11 is 0. The second-order valence-corrected chi connectivity index (χ2v) is 8.30. The van der Waals surface area contributed by atoms with Crippen LogP contribution in [-0.2, 0) is 6.54 Å². The van der Waals surface area contributed by atoms with Crippen LogP contribution in [0.3, 0.4) is 0 Å². The predicted octanol–water partition coefficient (Wildman–Crippen LogP) is 4.71. The fraction of sp³-hybridized carbons (Fsp3) is 0.107. The molecule has 1 amide bonds. The lowest BCUT2D eigenvalue weighted by Gasteiger charge is -2.16. The van der Waals surface area contributed by atoms with Gasteiger partial charge in [-0.1, -0.05) is 36.4 Å². The van der Waals surface area contributed by atoms with E-state index >= 15 is 0 Å². The Bertz CT molecular complexity index is 1520. The number of amides is 1. The minimum atomic E-state index is -0.413. The average molecular weight is 492 g/mol. The molecule has 4 N–H and O–H groups in total. The molecule has 2 aromatic carbocycles. The summed E-state index contributed by atoms with van der Waals surface area (Å²) in [4.78, 5) is 21.4. The lowest BCUT2D eigenvalue weighted by Crippen LogP contribution is -2.28. The van der Waals surface area contributed by atoms with E-state index in [4.69, 9.17) is 5.73 Å². The highest BCUT2D eigenvalue weighted by Gasteiger charge is 2.17. The number of rotatable bonds is 7. The van der Waals surface area contributed by atoms with E-state index < -0.39 is 5.91 Å². The van der Waals surface area contributed by atoms with Gasteiger partial charge in [0, 0.05) is 24.5 Å². The van der Waals surface area contributed by atoms with E-state index in [1.165, 1.54) is 24.4 Å². The molecule has 2 heterocycles. The number of pyridine rings is 2. The molecule has 1 atom stereocenters. The maximum atomic E-state index is 13.2. The van der Waals surface area contributed by atoms with Crippen LogP contribution in [0.25, 0.3) is 11.1 Å². The van der Waals surface area contributed by atoms with Crippen LogP contribution in [0.2, 0.25) is 0 Å². The molecule has 2 aromatic heterocycles. The maximum Gasteiger partial charge on any atom is 0.255 e. The van der Waals surface area contributed by atoms with E-state index in [-0.39, 0.29) is 28.8 Å². The molecule has 0 fully saturated rings. The summed E-state index contributed by atoms with van der Waals surface area (Å²) < 4.78 is 13.2. The number of benzene rings is 2. The number of halogens is 1. The van der Waals surface area contributed by atoms with Gasteiger partial charge in [0.15, 0.2) is 0 Å². The molecule has 8 nitrogen and oxygen atoms in total. The van der Waals surface area contributed by atoms with Gasteiger partial charge < -0.3 is 16.4 Å². The van der Waals surface area contributed by atoms with Crippen LogP contribution >= 0.6 is 0 Å². The largest absolute Gasteiger partial charge is 0.383 e. The quantitative estimate of drug-likeness (QED) is 0.340. The molecular formula is C28H22FN7O. The number of hydrogen-bond acceptors (Lipinski definition) is 7. The Morgan fingerprint density at radius 3 is 2.41 bits per heavy atom. The molecule has 9 heteroatoms. The summed E-state index contributed by atoms with van der Waals surface area (Å²) in [6, 6.07) is 20.3. The van der Waals surface area contributed by atoms with Gasteiger partial charge in [-0.05, 0) is 47.9 Å². The van der Waals surface area contributed by atoms with Gasteiger partial charge in [-0.25, -0.2) is 14.4 Å². The lowest BCUT2D eigenvalue weighted by molar-refractivity contribution is 0.0940. The zero-order valence-electron chi connectivity index (χ0n) is 19.9. The van der Waals surface area contributed by atoms with Gasteiger partial charge in [0.1, 0.15) is 29.6 Å². The zero-order chi connectivity index (χ0) is 26.4. The monoisotopic (exact) mass is 491 g/mol. The molecule has 37 heavy (non-hydrogen) atoms. The molecule has 0 bridgehead atoms. The number of nitrogens with one attached hydrogen (secondary N) is 2. The van der Waals surface area contributed by atoms with Gasteiger partial charge in [-0.15, -0.1) is 0 Å². The summed E-state index contributed by atoms with van der Waals surface area (Å²) in [5.74, 6) is -0.254. The second kappa shape index (κ2) is 11.0.